The molecular weight excluding hydrogens is 348 g/mol. The fourth-order valence-electron chi connectivity index (χ4n) is 2.64. The molecule has 0 bridgehead atoms. The van der Waals surface area contributed by atoms with Gasteiger partial charge in [0.15, 0.2) is 0 Å². The number of rotatable bonds is 5. The van der Waals surface area contributed by atoms with Gasteiger partial charge < -0.3 is 5.32 Å². The molecule has 134 valence electrons. The first kappa shape index (κ1) is 19.2. The summed E-state index contributed by atoms with van der Waals surface area (Å²) in [6.45, 7) is 6.73. The van der Waals surface area contributed by atoms with E-state index in [0.29, 0.717) is 31.0 Å². The van der Waals surface area contributed by atoms with Gasteiger partial charge in [-0.2, -0.15) is 4.31 Å². The summed E-state index contributed by atoms with van der Waals surface area (Å²) >= 11 is 5.81. The number of nitrogens with one attached hydrogen (secondary N) is 1. The van der Waals surface area contributed by atoms with Crippen LogP contribution < -0.4 is 5.32 Å². The van der Waals surface area contributed by atoms with Crippen molar-refractivity contribution in [1.29, 1.82) is 0 Å². The van der Waals surface area contributed by atoms with Crippen molar-refractivity contribution < 1.29 is 13.2 Å². The molecule has 1 amide bonds. The lowest BCUT2D eigenvalue weighted by molar-refractivity contribution is -0.127. The predicted octanol–water partition coefficient (Wildman–Crippen LogP) is 3.05. The Kier molecular flexibility index (Phi) is 5.94. The fraction of sp³-hybridized carbons (Fsp3) is 0.588. The second-order valence-corrected chi connectivity index (χ2v) is 9.23. The van der Waals surface area contributed by atoms with Crippen LogP contribution in [0.3, 0.4) is 0 Å². The van der Waals surface area contributed by atoms with Gasteiger partial charge in [0.1, 0.15) is 0 Å². The van der Waals surface area contributed by atoms with E-state index in [1.54, 1.807) is 12.1 Å². The molecule has 0 unspecified atom stereocenters. The Morgan fingerprint density at radius 3 is 2.29 bits per heavy atom. The SMILES string of the molecule is CCC(C)(C)NC(=O)C1CCN(S(=O)(=O)c2ccc(Cl)cc2)CC1. The molecule has 0 spiro atoms. The van der Waals surface area contributed by atoms with Crippen molar-refractivity contribution in [2.24, 2.45) is 5.92 Å². The molecule has 0 saturated carbocycles. The molecule has 7 heteroatoms. The van der Waals surface area contributed by atoms with Gasteiger partial charge >= 0.3 is 0 Å². The van der Waals surface area contributed by atoms with Gasteiger partial charge in [0.2, 0.25) is 15.9 Å². The zero-order chi connectivity index (χ0) is 18.0. The smallest absolute Gasteiger partial charge is 0.243 e. The summed E-state index contributed by atoms with van der Waals surface area (Å²) in [6.07, 6.45) is 1.93. The van der Waals surface area contributed by atoms with Crippen molar-refractivity contribution in [3.05, 3.63) is 29.3 Å². The van der Waals surface area contributed by atoms with Crippen molar-refractivity contribution in [1.82, 2.24) is 9.62 Å². The number of amides is 1. The summed E-state index contributed by atoms with van der Waals surface area (Å²) in [5.74, 6) is -0.113. The molecule has 24 heavy (non-hydrogen) atoms. The third-order valence-corrected chi connectivity index (χ3v) is 6.79. The lowest BCUT2D eigenvalue weighted by atomic mass is 9.94. The average molecular weight is 373 g/mol. The van der Waals surface area contributed by atoms with Crippen molar-refractivity contribution in [3.63, 3.8) is 0 Å². The molecule has 1 aromatic rings. The van der Waals surface area contributed by atoms with E-state index < -0.39 is 10.0 Å². The van der Waals surface area contributed by atoms with Gasteiger partial charge in [-0.3, -0.25) is 4.79 Å². The van der Waals surface area contributed by atoms with E-state index in [4.69, 9.17) is 11.6 Å². The lowest BCUT2D eigenvalue weighted by Crippen LogP contribution is -2.48. The van der Waals surface area contributed by atoms with Crippen molar-refractivity contribution >= 4 is 27.5 Å². The van der Waals surface area contributed by atoms with E-state index in [1.165, 1.54) is 16.4 Å². The second kappa shape index (κ2) is 7.42. The number of piperidine rings is 1. The minimum Gasteiger partial charge on any atom is -0.351 e. The van der Waals surface area contributed by atoms with E-state index in [2.05, 4.69) is 5.32 Å². The normalized spacial score (nSPS) is 17.7. The zero-order valence-corrected chi connectivity index (χ0v) is 16.0. The van der Waals surface area contributed by atoms with Gasteiger partial charge in [0.25, 0.3) is 0 Å². The first-order chi connectivity index (χ1) is 11.2. The van der Waals surface area contributed by atoms with Crippen LogP contribution in [0.15, 0.2) is 29.2 Å². The summed E-state index contributed by atoms with van der Waals surface area (Å²) in [6, 6.07) is 6.17. The molecule has 5 nitrogen and oxygen atoms in total. The highest BCUT2D eigenvalue weighted by Crippen LogP contribution is 2.25. The lowest BCUT2D eigenvalue weighted by Gasteiger charge is -2.33. The van der Waals surface area contributed by atoms with Crippen LogP contribution in [0.1, 0.15) is 40.0 Å². The summed E-state index contributed by atoms with van der Waals surface area (Å²) in [5.41, 5.74) is -0.233. The Morgan fingerprint density at radius 1 is 1.25 bits per heavy atom. The van der Waals surface area contributed by atoms with E-state index >= 15 is 0 Å². The first-order valence-electron chi connectivity index (χ1n) is 8.23. The molecule has 1 saturated heterocycles. The van der Waals surface area contributed by atoms with Crippen LogP contribution in [0.25, 0.3) is 0 Å². The van der Waals surface area contributed by atoms with Crippen LogP contribution in [0.5, 0.6) is 0 Å². The molecule has 0 atom stereocenters. The maximum absolute atomic E-state index is 12.6. The highest BCUT2D eigenvalue weighted by molar-refractivity contribution is 7.89. The van der Waals surface area contributed by atoms with Gasteiger partial charge in [-0.1, -0.05) is 18.5 Å². The number of carbonyl (C=O) groups is 1. The Balaban J connectivity index is 1.99. The molecule has 1 fully saturated rings. The summed E-state index contributed by atoms with van der Waals surface area (Å²) in [5, 5.41) is 3.55. The summed E-state index contributed by atoms with van der Waals surface area (Å²) in [4.78, 5) is 12.6. The monoisotopic (exact) mass is 372 g/mol. The fourth-order valence-corrected chi connectivity index (χ4v) is 4.23. The van der Waals surface area contributed by atoms with Gasteiger partial charge in [-0.15, -0.1) is 0 Å². The minimum absolute atomic E-state index is 0.0189. The molecule has 0 aromatic heterocycles. The number of nitrogens with zero attached hydrogens (tertiary/aromatic N) is 1. The number of hydrogen-bond acceptors (Lipinski definition) is 3. The standard InChI is InChI=1S/C17H25ClN2O3S/c1-4-17(2,3)19-16(21)13-9-11-20(12-10-13)24(22,23)15-7-5-14(18)6-8-15/h5-8,13H,4,9-12H2,1-3H3,(H,19,21). The number of hydrogen-bond donors (Lipinski definition) is 1. The zero-order valence-electron chi connectivity index (χ0n) is 14.4. The van der Waals surface area contributed by atoms with Crippen molar-refractivity contribution in [2.45, 2.75) is 50.5 Å². The maximum Gasteiger partial charge on any atom is 0.243 e. The van der Waals surface area contributed by atoms with Crippen LogP contribution in [-0.2, 0) is 14.8 Å². The van der Waals surface area contributed by atoms with E-state index in [9.17, 15) is 13.2 Å². The summed E-state index contributed by atoms with van der Waals surface area (Å²) in [7, 11) is -3.52. The number of benzene rings is 1. The molecule has 1 aliphatic rings. The second-order valence-electron chi connectivity index (χ2n) is 6.86. The van der Waals surface area contributed by atoms with Crippen molar-refractivity contribution in [2.75, 3.05) is 13.1 Å². The number of carbonyl (C=O) groups excluding carboxylic acids is 1. The number of sulfonamides is 1. The van der Waals surface area contributed by atoms with Gasteiger partial charge in [0, 0.05) is 29.6 Å². The molecule has 1 aliphatic heterocycles. The molecule has 0 aliphatic carbocycles. The van der Waals surface area contributed by atoms with Crippen LogP contribution >= 0.6 is 11.6 Å². The van der Waals surface area contributed by atoms with Crippen LogP contribution in [0.2, 0.25) is 5.02 Å². The van der Waals surface area contributed by atoms with E-state index in [-0.39, 0.29) is 22.3 Å². The third-order valence-electron chi connectivity index (χ3n) is 4.62. The Morgan fingerprint density at radius 2 is 1.79 bits per heavy atom. The average Bonchev–Trinajstić information content (AvgIpc) is 2.55. The Hall–Kier alpha value is -1.11. The highest BCUT2D eigenvalue weighted by Gasteiger charge is 2.33. The van der Waals surface area contributed by atoms with E-state index in [0.717, 1.165) is 6.42 Å². The summed E-state index contributed by atoms with van der Waals surface area (Å²) < 4.78 is 26.7. The molecule has 0 radical (unpaired) electrons. The van der Waals surface area contributed by atoms with Gasteiger partial charge in [0.05, 0.1) is 4.90 Å². The van der Waals surface area contributed by atoms with Crippen molar-refractivity contribution in [3.8, 4) is 0 Å². The van der Waals surface area contributed by atoms with Crippen LogP contribution in [0, 0.1) is 5.92 Å². The quantitative estimate of drug-likeness (QED) is 0.863. The first-order valence-corrected chi connectivity index (χ1v) is 10.1. The molecular formula is C17H25ClN2O3S. The Labute approximate surface area is 149 Å². The Bertz CT molecular complexity index is 678. The maximum atomic E-state index is 12.6. The van der Waals surface area contributed by atoms with E-state index in [1.807, 2.05) is 20.8 Å². The highest BCUT2D eigenvalue weighted by atomic mass is 35.5. The largest absolute Gasteiger partial charge is 0.351 e. The van der Waals surface area contributed by atoms with Crippen LogP contribution in [0.4, 0.5) is 0 Å². The molecule has 1 N–H and O–H groups in total. The number of halogens is 1. The minimum atomic E-state index is -3.52. The topological polar surface area (TPSA) is 66.5 Å². The van der Waals surface area contributed by atoms with Gasteiger partial charge in [-0.05, 0) is 57.4 Å². The predicted molar refractivity (Wildman–Crippen MR) is 95.4 cm³/mol. The van der Waals surface area contributed by atoms with Gasteiger partial charge in [-0.25, -0.2) is 8.42 Å². The van der Waals surface area contributed by atoms with Crippen LogP contribution in [-0.4, -0.2) is 37.3 Å². The molecule has 2 rings (SSSR count). The molecule has 1 heterocycles. The third kappa shape index (κ3) is 4.49. The molecule has 1 aromatic carbocycles.